The lowest BCUT2D eigenvalue weighted by Crippen LogP contribution is -2.23. The number of esters is 2. The second kappa shape index (κ2) is 12.1. The van der Waals surface area contributed by atoms with E-state index in [1.807, 2.05) is 6.07 Å². The molecule has 0 saturated carbocycles. The quantitative estimate of drug-likeness (QED) is 0.248. The van der Waals surface area contributed by atoms with Crippen LogP contribution in [0.4, 0.5) is 5.69 Å². The number of ether oxygens (including phenoxy) is 4. The Labute approximate surface area is 220 Å². The van der Waals surface area contributed by atoms with Gasteiger partial charge in [-0.2, -0.15) is 0 Å². The predicted molar refractivity (Wildman–Crippen MR) is 141 cm³/mol. The first kappa shape index (κ1) is 26.5. The van der Waals surface area contributed by atoms with Gasteiger partial charge in [0.05, 0.1) is 40.6 Å². The van der Waals surface area contributed by atoms with Gasteiger partial charge in [0.1, 0.15) is 0 Å². The number of hydrogen-bond acceptors (Lipinski definition) is 9. The number of thioether (sulfide) groups is 1. The summed E-state index contributed by atoms with van der Waals surface area (Å²) in [7, 11) is 4.44. The number of rotatable bonds is 8. The smallest absolute Gasteiger partial charge is 0.344 e. The van der Waals surface area contributed by atoms with Crippen molar-refractivity contribution in [1.82, 2.24) is 4.90 Å². The van der Waals surface area contributed by atoms with Crippen LogP contribution in [0.5, 0.6) is 11.5 Å². The second-order valence-electron chi connectivity index (χ2n) is 7.04. The van der Waals surface area contributed by atoms with Gasteiger partial charge in [-0.15, -0.1) is 0 Å². The molecule has 0 atom stereocenters. The fourth-order valence-electron chi connectivity index (χ4n) is 3.03. The van der Waals surface area contributed by atoms with Crippen molar-refractivity contribution in [1.29, 1.82) is 0 Å². The molecule has 1 fully saturated rings. The van der Waals surface area contributed by atoms with Gasteiger partial charge in [-0.3, -0.25) is 9.69 Å². The summed E-state index contributed by atoms with van der Waals surface area (Å²) in [5.41, 5.74) is 1.61. The average Bonchev–Trinajstić information content (AvgIpc) is 3.10. The summed E-state index contributed by atoms with van der Waals surface area (Å²) in [6, 6.07) is 10.2. The third kappa shape index (κ3) is 6.54. The van der Waals surface area contributed by atoms with Crippen molar-refractivity contribution < 1.29 is 33.3 Å². The topological polar surface area (TPSA) is 104 Å². The normalized spacial score (nSPS) is 15.5. The molecule has 184 valence electrons. The average molecular weight is 610 g/mol. The Hall–Kier alpha value is -3.06. The lowest BCUT2D eigenvalue weighted by Gasteiger charge is -2.13. The van der Waals surface area contributed by atoms with Crippen molar-refractivity contribution in [2.24, 2.45) is 4.99 Å². The first-order valence-electron chi connectivity index (χ1n) is 10.4. The lowest BCUT2D eigenvalue weighted by molar-refractivity contribution is -0.145. The standard InChI is InChI=1S/C24H23IN2O7S/c1-5-33-20(28)13-34-21-17(25)9-14(10-18(21)31-3)11-19-22(29)27(2)24(35-19)26-16-8-6-7-15(12-16)23(30)32-4/h6-12H,5,13H2,1-4H3. The van der Waals surface area contributed by atoms with Crippen molar-refractivity contribution >= 4 is 69.1 Å². The number of carbonyl (C=O) groups is 3. The summed E-state index contributed by atoms with van der Waals surface area (Å²) in [5, 5.41) is 0.472. The molecule has 2 aromatic rings. The molecule has 9 nitrogen and oxygen atoms in total. The summed E-state index contributed by atoms with van der Waals surface area (Å²) >= 11 is 3.29. The summed E-state index contributed by atoms with van der Waals surface area (Å²) in [6.07, 6.45) is 1.73. The minimum Gasteiger partial charge on any atom is -0.493 e. The maximum atomic E-state index is 12.8. The van der Waals surface area contributed by atoms with Gasteiger partial charge in [-0.25, -0.2) is 14.6 Å². The van der Waals surface area contributed by atoms with Crippen molar-refractivity contribution in [3.05, 3.63) is 56.0 Å². The second-order valence-corrected chi connectivity index (χ2v) is 9.21. The fourth-order valence-corrected chi connectivity index (χ4v) is 4.80. The minimum atomic E-state index is -0.475. The maximum Gasteiger partial charge on any atom is 0.344 e. The van der Waals surface area contributed by atoms with E-state index in [-0.39, 0.29) is 19.1 Å². The van der Waals surface area contributed by atoms with Gasteiger partial charge in [0.2, 0.25) is 0 Å². The Kier molecular flexibility index (Phi) is 9.15. The number of hydrogen-bond donors (Lipinski definition) is 0. The van der Waals surface area contributed by atoms with Gasteiger partial charge in [0, 0.05) is 7.05 Å². The van der Waals surface area contributed by atoms with Crippen LogP contribution < -0.4 is 9.47 Å². The predicted octanol–water partition coefficient (Wildman–Crippen LogP) is 4.26. The largest absolute Gasteiger partial charge is 0.493 e. The van der Waals surface area contributed by atoms with E-state index in [2.05, 4.69) is 27.6 Å². The zero-order chi connectivity index (χ0) is 25.5. The highest BCUT2D eigenvalue weighted by Crippen LogP contribution is 2.37. The Balaban J connectivity index is 1.85. The number of likely N-dealkylation sites (N-methyl/N-ethyl adjacent to an activating group) is 1. The van der Waals surface area contributed by atoms with Crippen LogP contribution in [0.25, 0.3) is 6.08 Å². The van der Waals surface area contributed by atoms with Gasteiger partial charge < -0.3 is 18.9 Å². The van der Waals surface area contributed by atoms with Crippen LogP contribution in [0, 0.1) is 3.57 Å². The lowest BCUT2D eigenvalue weighted by atomic mass is 10.2. The number of benzene rings is 2. The molecule has 1 amide bonds. The molecular weight excluding hydrogens is 587 g/mol. The van der Waals surface area contributed by atoms with E-state index in [1.54, 1.807) is 50.4 Å². The number of halogens is 1. The molecule has 3 rings (SSSR count). The zero-order valence-electron chi connectivity index (χ0n) is 19.5. The fraction of sp³-hybridized carbons (Fsp3) is 0.250. The number of amides is 1. The van der Waals surface area contributed by atoms with Crippen molar-refractivity contribution in [3.8, 4) is 11.5 Å². The summed E-state index contributed by atoms with van der Waals surface area (Å²) in [4.78, 5) is 42.7. The Morgan fingerprint density at radius 1 is 1.20 bits per heavy atom. The van der Waals surface area contributed by atoms with E-state index < -0.39 is 11.9 Å². The number of carbonyl (C=O) groups excluding carboxylic acids is 3. The molecule has 0 spiro atoms. The van der Waals surface area contributed by atoms with Crippen molar-refractivity contribution in [3.63, 3.8) is 0 Å². The molecule has 0 bridgehead atoms. The van der Waals surface area contributed by atoms with Gasteiger partial charge in [-0.05, 0) is 83.2 Å². The van der Waals surface area contributed by atoms with Crippen LogP contribution in [0.1, 0.15) is 22.8 Å². The first-order valence-corrected chi connectivity index (χ1v) is 12.3. The van der Waals surface area contributed by atoms with E-state index in [4.69, 9.17) is 18.9 Å². The monoisotopic (exact) mass is 610 g/mol. The van der Waals surface area contributed by atoms with E-state index in [9.17, 15) is 14.4 Å². The molecule has 2 aromatic carbocycles. The highest BCUT2D eigenvalue weighted by Gasteiger charge is 2.30. The molecule has 1 heterocycles. The number of aliphatic imine (C=N–C) groups is 1. The van der Waals surface area contributed by atoms with Crippen LogP contribution in [0.3, 0.4) is 0 Å². The summed E-state index contributed by atoms with van der Waals surface area (Å²) in [5.74, 6) is -0.315. The summed E-state index contributed by atoms with van der Waals surface area (Å²) < 4.78 is 21.4. The highest BCUT2D eigenvalue weighted by molar-refractivity contribution is 14.1. The minimum absolute atomic E-state index is 0.213. The Morgan fingerprint density at radius 3 is 2.66 bits per heavy atom. The molecule has 0 N–H and O–H groups in total. The van der Waals surface area contributed by atoms with Crippen molar-refractivity contribution in [2.75, 3.05) is 34.5 Å². The molecule has 1 aliphatic heterocycles. The molecule has 11 heteroatoms. The highest BCUT2D eigenvalue weighted by atomic mass is 127. The molecule has 0 radical (unpaired) electrons. The van der Waals surface area contributed by atoms with E-state index in [1.165, 1.54) is 30.9 Å². The first-order chi connectivity index (χ1) is 16.8. The molecule has 35 heavy (non-hydrogen) atoms. The molecule has 1 aliphatic rings. The van der Waals surface area contributed by atoms with Crippen LogP contribution in [-0.2, 0) is 19.1 Å². The van der Waals surface area contributed by atoms with Crippen LogP contribution >= 0.6 is 34.4 Å². The van der Waals surface area contributed by atoms with E-state index in [0.29, 0.717) is 42.0 Å². The molecule has 1 saturated heterocycles. The number of amidine groups is 1. The molecule has 0 aromatic heterocycles. The van der Waals surface area contributed by atoms with Crippen LogP contribution in [0.15, 0.2) is 46.3 Å². The van der Waals surface area contributed by atoms with E-state index >= 15 is 0 Å². The zero-order valence-corrected chi connectivity index (χ0v) is 22.5. The third-order valence-electron chi connectivity index (χ3n) is 4.68. The van der Waals surface area contributed by atoms with Crippen LogP contribution in [0.2, 0.25) is 0 Å². The number of nitrogens with zero attached hydrogens (tertiary/aromatic N) is 2. The van der Waals surface area contributed by atoms with Gasteiger partial charge in [0.15, 0.2) is 23.3 Å². The van der Waals surface area contributed by atoms with Crippen molar-refractivity contribution in [2.45, 2.75) is 6.92 Å². The SMILES string of the molecule is CCOC(=O)COc1c(I)cc(C=C2SC(=Nc3cccc(C(=O)OC)c3)N(C)C2=O)cc1OC. The Morgan fingerprint density at radius 2 is 1.97 bits per heavy atom. The molecular formula is C24H23IN2O7S. The summed E-state index contributed by atoms with van der Waals surface area (Å²) in [6.45, 7) is 1.75. The maximum absolute atomic E-state index is 12.8. The molecule has 0 unspecified atom stereocenters. The third-order valence-corrected chi connectivity index (χ3v) is 6.55. The van der Waals surface area contributed by atoms with Gasteiger partial charge in [-0.1, -0.05) is 6.07 Å². The molecule has 0 aliphatic carbocycles. The van der Waals surface area contributed by atoms with Gasteiger partial charge >= 0.3 is 11.9 Å². The van der Waals surface area contributed by atoms with E-state index in [0.717, 1.165) is 0 Å². The van der Waals surface area contributed by atoms with Gasteiger partial charge in [0.25, 0.3) is 5.91 Å². The number of methoxy groups -OCH3 is 2. The van der Waals surface area contributed by atoms with Crippen LogP contribution in [-0.4, -0.2) is 62.4 Å². The Bertz CT molecular complexity index is 1210.